The molecular formula is C11H20O. The van der Waals surface area contributed by atoms with Gasteiger partial charge in [0.25, 0.3) is 0 Å². The first-order valence-corrected chi connectivity index (χ1v) is 5.08. The molecular weight excluding hydrogens is 148 g/mol. The van der Waals surface area contributed by atoms with Gasteiger partial charge in [-0.3, -0.25) is 0 Å². The van der Waals surface area contributed by atoms with Gasteiger partial charge in [-0.15, -0.1) is 0 Å². The third-order valence-electron chi connectivity index (χ3n) is 4.83. The van der Waals surface area contributed by atoms with Crippen molar-refractivity contribution < 1.29 is 5.11 Å². The van der Waals surface area contributed by atoms with Gasteiger partial charge in [0.15, 0.2) is 0 Å². The van der Waals surface area contributed by atoms with Crippen LogP contribution >= 0.6 is 0 Å². The molecule has 0 heterocycles. The fourth-order valence-corrected chi connectivity index (χ4v) is 3.49. The van der Waals surface area contributed by atoms with Gasteiger partial charge in [-0.25, -0.2) is 0 Å². The van der Waals surface area contributed by atoms with Gasteiger partial charge in [-0.2, -0.15) is 0 Å². The second-order valence-corrected chi connectivity index (χ2v) is 5.71. The molecule has 1 heteroatoms. The van der Waals surface area contributed by atoms with Gasteiger partial charge >= 0.3 is 0 Å². The molecule has 0 aromatic heterocycles. The van der Waals surface area contributed by atoms with Crippen LogP contribution in [0.3, 0.4) is 0 Å². The average Bonchev–Trinajstić information content (AvgIpc) is 2.31. The molecule has 70 valence electrons. The molecule has 2 rings (SSSR count). The Morgan fingerprint density at radius 2 is 1.83 bits per heavy atom. The molecule has 0 amide bonds. The smallest absolute Gasteiger partial charge is 0.0653 e. The summed E-state index contributed by atoms with van der Waals surface area (Å²) in [5.41, 5.74) is 0.104. The Labute approximate surface area is 75.2 Å². The predicted molar refractivity (Wildman–Crippen MR) is 49.8 cm³/mol. The van der Waals surface area contributed by atoms with Crippen LogP contribution in [-0.2, 0) is 0 Å². The van der Waals surface area contributed by atoms with Crippen molar-refractivity contribution in [3.8, 4) is 0 Å². The summed E-state index contributed by atoms with van der Waals surface area (Å²) >= 11 is 0. The molecule has 0 aliphatic heterocycles. The topological polar surface area (TPSA) is 20.2 Å². The molecule has 4 atom stereocenters. The molecule has 0 saturated heterocycles. The summed E-state index contributed by atoms with van der Waals surface area (Å²) in [6.07, 6.45) is 2.27. The first-order chi connectivity index (χ1) is 5.36. The Morgan fingerprint density at radius 1 is 1.25 bits per heavy atom. The van der Waals surface area contributed by atoms with Gasteiger partial charge in [0.1, 0.15) is 0 Å². The zero-order valence-electron chi connectivity index (χ0n) is 8.59. The largest absolute Gasteiger partial charge is 0.390 e. The zero-order chi connectivity index (χ0) is 9.15. The van der Waals surface area contributed by atoms with Crippen LogP contribution in [0.25, 0.3) is 0 Å². The van der Waals surface area contributed by atoms with E-state index in [4.69, 9.17) is 0 Å². The molecule has 0 aromatic rings. The second-order valence-electron chi connectivity index (χ2n) is 5.71. The Kier molecular flexibility index (Phi) is 1.47. The van der Waals surface area contributed by atoms with Crippen LogP contribution in [0.1, 0.15) is 40.5 Å². The lowest BCUT2D eigenvalue weighted by Gasteiger charge is -2.43. The average molecular weight is 168 g/mol. The second kappa shape index (κ2) is 2.06. The van der Waals surface area contributed by atoms with Gasteiger partial charge in [0.2, 0.25) is 0 Å². The van der Waals surface area contributed by atoms with E-state index in [1.807, 2.05) is 6.92 Å². The maximum Gasteiger partial charge on any atom is 0.0653 e. The van der Waals surface area contributed by atoms with E-state index in [1.165, 1.54) is 6.42 Å². The van der Waals surface area contributed by atoms with Crippen molar-refractivity contribution in [1.82, 2.24) is 0 Å². The SMILES string of the molecule is C[C@@H]1[C@@H]2C[C@H](C[C@@]2(C)O)C1(C)C. The highest BCUT2D eigenvalue weighted by molar-refractivity contribution is 5.09. The summed E-state index contributed by atoms with van der Waals surface area (Å²) in [4.78, 5) is 0. The Hall–Kier alpha value is -0.0400. The van der Waals surface area contributed by atoms with Crippen molar-refractivity contribution in [2.75, 3.05) is 0 Å². The summed E-state index contributed by atoms with van der Waals surface area (Å²) < 4.78 is 0. The first-order valence-electron chi connectivity index (χ1n) is 5.08. The zero-order valence-corrected chi connectivity index (χ0v) is 8.59. The van der Waals surface area contributed by atoms with Crippen molar-refractivity contribution in [1.29, 1.82) is 0 Å². The van der Waals surface area contributed by atoms with Crippen molar-refractivity contribution in [3.05, 3.63) is 0 Å². The molecule has 1 N–H and O–H groups in total. The molecule has 0 unspecified atom stereocenters. The van der Waals surface area contributed by atoms with Crippen molar-refractivity contribution in [2.24, 2.45) is 23.2 Å². The van der Waals surface area contributed by atoms with Crippen molar-refractivity contribution in [2.45, 2.75) is 46.1 Å². The molecule has 0 spiro atoms. The van der Waals surface area contributed by atoms with Gasteiger partial charge < -0.3 is 5.11 Å². The van der Waals surface area contributed by atoms with E-state index >= 15 is 0 Å². The van der Waals surface area contributed by atoms with Crippen molar-refractivity contribution >= 4 is 0 Å². The van der Waals surface area contributed by atoms with Gasteiger partial charge in [-0.05, 0) is 42.9 Å². The highest BCUT2D eigenvalue weighted by atomic mass is 16.3. The lowest BCUT2D eigenvalue weighted by atomic mass is 9.65. The highest BCUT2D eigenvalue weighted by Crippen LogP contribution is 2.62. The van der Waals surface area contributed by atoms with Crippen LogP contribution < -0.4 is 0 Å². The monoisotopic (exact) mass is 168 g/mol. The molecule has 0 aromatic carbocycles. The number of hydrogen-bond acceptors (Lipinski definition) is 1. The van der Waals surface area contributed by atoms with Gasteiger partial charge in [0, 0.05) is 0 Å². The van der Waals surface area contributed by atoms with E-state index in [1.54, 1.807) is 0 Å². The lowest BCUT2D eigenvalue weighted by molar-refractivity contribution is -0.0537. The van der Waals surface area contributed by atoms with Crippen LogP contribution in [0.4, 0.5) is 0 Å². The van der Waals surface area contributed by atoms with Crippen LogP contribution in [0.5, 0.6) is 0 Å². The Morgan fingerprint density at radius 3 is 2.17 bits per heavy atom. The fraction of sp³-hybridized carbons (Fsp3) is 1.00. The van der Waals surface area contributed by atoms with Crippen LogP contribution in [0.2, 0.25) is 0 Å². The summed E-state index contributed by atoms with van der Waals surface area (Å²) in [7, 11) is 0. The molecule has 1 nitrogen and oxygen atoms in total. The van der Waals surface area contributed by atoms with E-state index in [0.717, 1.165) is 12.3 Å². The maximum atomic E-state index is 10.1. The number of rotatable bonds is 0. The molecule has 2 bridgehead atoms. The lowest BCUT2D eigenvalue weighted by Crippen LogP contribution is -2.42. The highest BCUT2D eigenvalue weighted by Gasteiger charge is 2.59. The minimum Gasteiger partial charge on any atom is -0.390 e. The van der Waals surface area contributed by atoms with E-state index in [2.05, 4.69) is 20.8 Å². The van der Waals surface area contributed by atoms with Crippen LogP contribution in [0.15, 0.2) is 0 Å². The van der Waals surface area contributed by atoms with Gasteiger partial charge in [0.05, 0.1) is 5.60 Å². The van der Waals surface area contributed by atoms with Crippen molar-refractivity contribution in [3.63, 3.8) is 0 Å². The van der Waals surface area contributed by atoms with Gasteiger partial charge in [-0.1, -0.05) is 20.8 Å². The quantitative estimate of drug-likeness (QED) is 0.589. The third-order valence-corrected chi connectivity index (χ3v) is 4.83. The Bertz CT molecular complexity index is 201. The summed E-state index contributed by atoms with van der Waals surface area (Å²) in [5, 5.41) is 10.1. The normalized spacial score (nSPS) is 56.2. The number of aliphatic hydroxyl groups is 1. The fourth-order valence-electron chi connectivity index (χ4n) is 3.49. The predicted octanol–water partition coefficient (Wildman–Crippen LogP) is 2.44. The summed E-state index contributed by atoms with van der Waals surface area (Å²) in [6, 6.07) is 0. The standard InChI is InChI=1S/C11H20O/c1-7-9-5-8(10(7,2)3)6-11(9,4)12/h7-9,12H,5-6H2,1-4H3/t7-,8-,9+,11-/m1/s1. The minimum absolute atomic E-state index is 0.362. The van der Waals surface area contributed by atoms with E-state index in [0.29, 0.717) is 17.3 Å². The molecule has 0 radical (unpaired) electrons. The summed E-state index contributed by atoms with van der Waals surface area (Å²) in [6.45, 7) is 9.04. The van der Waals surface area contributed by atoms with Crippen LogP contribution in [0, 0.1) is 23.2 Å². The molecule has 2 fully saturated rings. The van der Waals surface area contributed by atoms with Crippen LogP contribution in [-0.4, -0.2) is 10.7 Å². The molecule has 12 heavy (non-hydrogen) atoms. The maximum absolute atomic E-state index is 10.1. The number of hydrogen-bond donors (Lipinski definition) is 1. The van der Waals surface area contributed by atoms with E-state index in [-0.39, 0.29) is 5.60 Å². The summed E-state index contributed by atoms with van der Waals surface area (Å²) in [5.74, 6) is 2.00. The third kappa shape index (κ3) is 0.834. The number of fused-ring (bicyclic) bond motifs is 2. The minimum atomic E-state index is -0.362. The Balaban J connectivity index is 2.30. The van der Waals surface area contributed by atoms with E-state index < -0.39 is 0 Å². The first kappa shape index (κ1) is 8.55. The molecule has 2 aliphatic carbocycles. The van der Waals surface area contributed by atoms with E-state index in [9.17, 15) is 5.11 Å². The molecule has 2 saturated carbocycles. The molecule has 2 aliphatic rings.